The minimum atomic E-state index is -1.67. The second-order valence-corrected chi connectivity index (χ2v) is 26.8. The van der Waals surface area contributed by atoms with Gasteiger partial charge in [0.15, 0.2) is 0 Å². The van der Waals surface area contributed by atoms with Crippen LogP contribution in [0.15, 0.2) is 12.2 Å². The molecule has 0 unspecified atom stereocenters. The summed E-state index contributed by atoms with van der Waals surface area (Å²) in [5.74, 6) is -11.8. The lowest BCUT2D eigenvalue weighted by molar-refractivity contribution is -0.157. The quantitative estimate of drug-likeness (QED) is 0.0800. The van der Waals surface area contributed by atoms with Crippen LogP contribution in [-0.2, 0) is 62.3 Å². The fraction of sp³-hybridized carbons (Fsp3) is 0.785. The molecule has 0 bridgehead atoms. The molecule has 26 heteroatoms. The number of aliphatic carboxylic acids is 1. The molecule has 1 rings (SSSR count). The van der Waals surface area contributed by atoms with E-state index in [1.54, 1.807) is 60.6 Å². The van der Waals surface area contributed by atoms with E-state index in [0.29, 0.717) is 0 Å². The molecule has 0 radical (unpaired) electrons. The number of aliphatic hydroxyl groups excluding tert-OH is 1. The number of likely N-dealkylation sites (N-methyl/N-ethyl adjacent to an activating group) is 7. The molecular weight excluding hydrogens is 1170 g/mol. The zero-order chi connectivity index (χ0) is 70.5. The molecule has 1 aliphatic rings. The summed E-state index contributed by atoms with van der Waals surface area (Å²) in [6.07, 6.45) is 1.20. The smallest absolute Gasteiger partial charge is 0.303 e. The summed E-state index contributed by atoms with van der Waals surface area (Å²) >= 11 is 0. The molecule has 1 heterocycles. The number of ether oxygens (including phenoxy) is 1. The van der Waals surface area contributed by atoms with Crippen LogP contribution in [0, 0.1) is 35.5 Å². The summed E-state index contributed by atoms with van der Waals surface area (Å²) in [7, 11) is 9.62. The first kappa shape index (κ1) is 82.3. The molecule has 14 atom stereocenters. The van der Waals surface area contributed by atoms with E-state index in [1.807, 2.05) is 41.5 Å². The predicted octanol–water partition coefficient (Wildman–Crippen LogP) is 2.88. The van der Waals surface area contributed by atoms with Crippen LogP contribution < -0.4 is 21.3 Å². The first-order valence-corrected chi connectivity index (χ1v) is 32.3. The summed E-state index contributed by atoms with van der Waals surface area (Å²) in [6.45, 7) is 28.5. The largest absolute Gasteiger partial charge is 0.481 e. The summed E-state index contributed by atoms with van der Waals surface area (Å²) in [5, 5.41) is 32.4. The van der Waals surface area contributed by atoms with Crippen molar-refractivity contribution in [2.45, 2.75) is 241 Å². The highest BCUT2D eigenvalue weighted by atomic mass is 16.5. The van der Waals surface area contributed by atoms with Crippen LogP contribution in [0.1, 0.15) is 163 Å². The fourth-order valence-corrected chi connectivity index (χ4v) is 11.3. The number of carboxylic acid groups (broad SMARTS) is 1. The molecule has 1 aliphatic heterocycles. The highest BCUT2D eigenvalue weighted by Crippen LogP contribution is 2.26. The zero-order valence-electron chi connectivity index (χ0n) is 59.1. The van der Waals surface area contributed by atoms with E-state index in [-0.39, 0.29) is 69.3 Å². The molecule has 0 spiro atoms. The summed E-state index contributed by atoms with van der Waals surface area (Å²) < 4.78 is 6.00. The van der Waals surface area contributed by atoms with E-state index in [9.17, 15) is 53.4 Å². The molecule has 0 saturated carbocycles. The van der Waals surface area contributed by atoms with Crippen LogP contribution in [0.2, 0.25) is 0 Å². The van der Waals surface area contributed by atoms with E-state index >= 15 is 14.4 Å². The second kappa shape index (κ2) is 37.7. The summed E-state index contributed by atoms with van der Waals surface area (Å²) in [5.41, 5.74) is 0. The van der Waals surface area contributed by atoms with Crippen LogP contribution in [0.3, 0.4) is 0 Å². The highest BCUT2D eigenvalue weighted by Gasteiger charge is 2.46. The van der Waals surface area contributed by atoms with E-state index < -0.39 is 167 Å². The van der Waals surface area contributed by atoms with Crippen molar-refractivity contribution in [1.29, 1.82) is 0 Å². The number of amides is 11. The molecule has 1 fully saturated rings. The van der Waals surface area contributed by atoms with Crippen molar-refractivity contribution in [3.05, 3.63) is 12.2 Å². The van der Waals surface area contributed by atoms with Crippen molar-refractivity contribution in [3.8, 4) is 0 Å². The molecule has 26 nitrogen and oxygen atoms in total. The molecule has 1 saturated heterocycles. The molecule has 0 aliphatic carbocycles. The minimum Gasteiger partial charge on any atom is -0.481 e. The minimum absolute atomic E-state index is 0.0404. The van der Waals surface area contributed by atoms with E-state index in [0.717, 1.165) is 14.7 Å². The van der Waals surface area contributed by atoms with Gasteiger partial charge in [0.2, 0.25) is 65.0 Å². The average molecular weight is 1290 g/mol. The van der Waals surface area contributed by atoms with E-state index in [4.69, 9.17) is 4.74 Å². The molecule has 11 amide bonds. The first-order valence-electron chi connectivity index (χ1n) is 32.3. The van der Waals surface area contributed by atoms with Crippen LogP contribution in [0.25, 0.3) is 0 Å². The molecule has 91 heavy (non-hydrogen) atoms. The van der Waals surface area contributed by atoms with E-state index in [2.05, 4.69) is 21.3 Å². The Morgan fingerprint density at radius 1 is 0.505 bits per heavy atom. The highest BCUT2D eigenvalue weighted by molar-refractivity contribution is 6.00. The maximum absolute atomic E-state index is 15.2. The Labute approximate surface area is 542 Å². The van der Waals surface area contributed by atoms with Gasteiger partial charge >= 0.3 is 5.97 Å². The summed E-state index contributed by atoms with van der Waals surface area (Å²) in [6, 6.07) is -14.6. The van der Waals surface area contributed by atoms with Gasteiger partial charge in [0, 0.05) is 62.4 Å². The van der Waals surface area contributed by atoms with Gasteiger partial charge in [0.1, 0.15) is 66.5 Å². The number of carboxylic acids is 1. The molecule has 520 valence electrons. The van der Waals surface area contributed by atoms with Gasteiger partial charge < -0.3 is 70.5 Å². The third-order valence-electron chi connectivity index (χ3n) is 17.1. The first-order chi connectivity index (χ1) is 42.0. The molecule has 0 aromatic carbocycles. The number of nitrogens with zero attached hydrogens (tertiary/aromatic N) is 7. The SMILES string of the molecule is C/C=C/C[C@@H](C)[C@@H](O)[C@H]1C(=O)N[C@@H](CC)C(=O)N(C)[C@H](C)C(=O)N(C)[C@@H]([C@@H](C)OCCCC(=O)O)C(=O)N[C@@H](C(C)C)C(=O)N(C)[C@H](CC(C)C)C(=O)N[C@@H](C)C(=O)N[C@@H](C)C(=O)N(C)[C@@H](CC(C)C)C(=O)N(C)[C@H](CC(C)C)C(=O)N(C)[C@@H](C(C)C)C(=O)N1C. The Morgan fingerprint density at radius 2 is 0.956 bits per heavy atom. The maximum atomic E-state index is 15.2. The van der Waals surface area contributed by atoms with Crippen molar-refractivity contribution in [3.63, 3.8) is 0 Å². The average Bonchev–Trinajstić information content (AvgIpc) is 0.882. The van der Waals surface area contributed by atoms with Gasteiger partial charge in [0.05, 0.1) is 12.2 Å². The Kier molecular flexibility index (Phi) is 34.1. The van der Waals surface area contributed by atoms with Gasteiger partial charge in [-0.2, -0.15) is 0 Å². The molecule has 0 aromatic rings. The lowest BCUT2D eigenvalue weighted by atomic mass is 9.91. The molecule has 6 N–H and O–H groups in total. The van der Waals surface area contributed by atoms with E-state index in [1.165, 1.54) is 96.6 Å². The number of allylic oxidation sites excluding steroid dienone is 2. The standard InChI is InChI=1S/C65H115N11O15/c1-25-27-29-40(13)54(79)53-58(83)68-45(26-2)61(86)70(18)43(16)60(85)75(23)52(44(17)91-31-28-30-49(77)78)57(82)69-50(38(9)10)64(89)71(19)46(32-35(3)4)56(81)66-41(14)55(80)67-42(15)59(84)72(20)47(33-36(5)6)62(87)73(21)48(34-37(7)8)63(88)74(22)51(39(11)12)65(90)76(53)24/h25,27,35-48,50-54,79H,26,28-34H2,1-24H3,(H,66,81)(H,67,80)(H,68,83)(H,69,82)(H,77,78)/b27-25+/t40-,41+,42+,43-,44-,45+,46-,47+,48-,50+,51+,52+,53+,54-/m1/s1. The van der Waals surface area contributed by atoms with Gasteiger partial charge in [-0.25, -0.2) is 0 Å². The number of aliphatic hydroxyl groups is 1. The molecule has 0 aromatic heterocycles. The number of nitrogens with one attached hydrogen (secondary N) is 4. The second-order valence-electron chi connectivity index (χ2n) is 26.8. The summed E-state index contributed by atoms with van der Waals surface area (Å²) in [4.78, 5) is 182. The van der Waals surface area contributed by atoms with Crippen LogP contribution in [-0.4, -0.2) is 250 Å². The van der Waals surface area contributed by atoms with Crippen molar-refractivity contribution in [1.82, 2.24) is 55.6 Å². The maximum Gasteiger partial charge on any atom is 0.303 e. The van der Waals surface area contributed by atoms with Crippen LogP contribution >= 0.6 is 0 Å². The predicted molar refractivity (Wildman–Crippen MR) is 346 cm³/mol. The third-order valence-corrected chi connectivity index (χ3v) is 17.1. The van der Waals surface area contributed by atoms with Gasteiger partial charge in [-0.15, -0.1) is 0 Å². The Bertz CT molecular complexity index is 2530. The molecular formula is C65H115N11O15. The zero-order valence-corrected chi connectivity index (χ0v) is 59.1. The lowest BCUT2D eigenvalue weighted by Crippen LogP contribution is -2.64. The van der Waals surface area contributed by atoms with Gasteiger partial charge in [-0.05, 0) is 109 Å². The number of carbonyl (C=O) groups is 12. The van der Waals surface area contributed by atoms with Crippen molar-refractivity contribution < 1.29 is 72.5 Å². The topological polar surface area (TPSA) is 325 Å². The van der Waals surface area contributed by atoms with Crippen molar-refractivity contribution in [2.24, 2.45) is 35.5 Å². The number of hydrogen-bond acceptors (Lipinski definition) is 14. The number of hydrogen-bond donors (Lipinski definition) is 6. The van der Waals surface area contributed by atoms with Crippen LogP contribution in [0.4, 0.5) is 0 Å². The third kappa shape index (κ3) is 23.1. The Morgan fingerprint density at radius 3 is 1.43 bits per heavy atom. The van der Waals surface area contributed by atoms with Crippen molar-refractivity contribution >= 4 is 70.9 Å². The van der Waals surface area contributed by atoms with Gasteiger partial charge in [-0.1, -0.05) is 95.2 Å². The monoisotopic (exact) mass is 1290 g/mol. The normalized spacial score (nSPS) is 27.0. The fourth-order valence-electron chi connectivity index (χ4n) is 11.3. The van der Waals surface area contributed by atoms with Crippen LogP contribution in [0.5, 0.6) is 0 Å². The van der Waals surface area contributed by atoms with Gasteiger partial charge in [0.25, 0.3) is 0 Å². The Balaban J connectivity index is 4.45. The number of rotatable bonds is 19. The lowest BCUT2D eigenvalue weighted by Gasteiger charge is -2.41. The Hall–Kier alpha value is -6.70. The number of carbonyl (C=O) groups excluding carboxylic acids is 11. The van der Waals surface area contributed by atoms with Crippen molar-refractivity contribution in [2.75, 3.05) is 55.9 Å². The van der Waals surface area contributed by atoms with Gasteiger partial charge in [-0.3, -0.25) is 57.5 Å².